The van der Waals surface area contributed by atoms with Gasteiger partial charge in [0.15, 0.2) is 28.1 Å². The summed E-state index contributed by atoms with van der Waals surface area (Å²) in [7, 11) is 0. The number of phenols is 2. The number of Topliss-reactive ketones (excluding diaryl/α,β-unsaturated/α-hetero) is 2. The van der Waals surface area contributed by atoms with E-state index in [1.807, 2.05) is 0 Å². The van der Waals surface area contributed by atoms with Gasteiger partial charge in [0.05, 0.1) is 37.3 Å². The number of thioether (sulfide) groups is 1. The minimum Gasteiger partial charge on any atom is -0.504 e. The van der Waals surface area contributed by atoms with Crippen molar-refractivity contribution in [3.63, 3.8) is 0 Å². The number of fused-ring (bicyclic) bond motifs is 1. The smallest absolute Gasteiger partial charge is 0.352 e. The number of anilines is 1. The maximum Gasteiger partial charge on any atom is 0.352 e. The molecule has 2 atom stereocenters. The Morgan fingerprint density at radius 3 is 2.47 bits per heavy atom. The fourth-order valence-corrected chi connectivity index (χ4v) is 8.25. The molecule has 0 bridgehead atoms. The van der Waals surface area contributed by atoms with E-state index in [-0.39, 0.29) is 58.8 Å². The number of hydrogen-bond donors (Lipinski definition) is 5. The molecule has 3 aliphatic heterocycles. The minimum atomic E-state index is -1.76. The molecule has 2 fully saturated rings. The number of aliphatic carboxylic acids is 2. The van der Waals surface area contributed by atoms with Crippen LogP contribution in [0.1, 0.15) is 50.8 Å². The van der Waals surface area contributed by atoms with Crippen LogP contribution in [0.3, 0.4) is 0 Å². The standard InChI is InChI=1S/C32H37N5O10S2/c1-32(2,30(45)46)47-35-25(21-16-49-31(33)34-21)24(41)13-20-27(42)36-26(29(43)44)18(15-48-28(20)36)14-37(8-3-4-9-37)10-7-19(38)11-17-5-6-22(39)23(40)12-17/h5-6,12,16,20,28H,3-4,7-11,13-15H2,1-2H3,(H5-,33,34,35,39,40,41,43,44,45,46)/p+1. The van der Waals surface area contributed by atoms with Crippen molar-refractivity contribution >= 4 is 63.4 Å². The van der Waals surface area contributed by atoms with Gasteiger partial charge < -0.3 is 35.5 Å². The Morgan fingerprint density at radius 1 is 1.14 bits per heavy atom. The number of oxime groups is 1. The third-order valence-electron chi connectivity index (χ3n) is 9.02. The van der Waals surface area contributed by atoms with Crippen LogP contribution in [0.5, 0.6) is 11.5 Å². The average Bonchev–Trinajstić information content (AvgIpc) is 3.69. The lowest BCUT2D eigenvalue weighted by atomic mass is 9.89. The van der Waals surface area contributed by atoms with E-state index in [2.05, 4.69) is 10.1 Å². The Hall–Kier alpha value is -4.48. The Morgan fingerprint density at radius 2 is 1.86 bits per heavy atom. The number of nitrogens with zero attached hydrogens (tertiary/aromatic N) is 4. The number of amides is 1. The zero-order chi connectivity index (χ0) is 35.7. The molecule has 1 aromatic heterocycles. The van der Waals surface area contributed by atoms with Crippen LogP contribution in [0, 0.1) is 5.92 Å². The van der Waals surface area contributed by atoms with Gasteiger partial charge in [-0.3, -0.25) is 19.3 Å². The average molecular weight is 717 g/mol. The van der Waals surface area contributed by atoms with Gasteiger partial charge in [-0.15, -0.1) is 23.1 Å². The van der Waals surface area contributed by atoms with Crippen molar-refractivity contribution in [3.8, 4) is 11.5 Å². The van der Waals surface area contributed by atoms with Crippen molar-refractivity contribution < 1.29 is 53.7 Å². The molecule has 15 nitrogen and oxygen atoms in total. The van der Waals surface area contributed by atoms with Crippen molar-refractivity contribution in [2.24, 2.45) is 11.1 Å². The molecule has 2 saturated heterocycles. The van der Waals surface area contributed by atoms with Gasteiger partial charge >= 0.3 is 11.9 Å². The number of carbonyl (C=O) groups is 5. The van der Waals surface area contributed by atoms with Crippen LogP contribution in [0.4, 0.5) is 5.13 Å². The number of carbonyl (C=O) groups excluding carboxylic acids is 3. The Labute approximate surface area is 289 Å². The molecule has 0 radical (unpaired) electrons. The molecule has 2 unspecified atom stereocenters. The zero-order valence-electron chi connectivity index (χ0n) is 27.0. The lowest BCUT2D eigenvalue weighted by Crippen LogP contribution is -2.62. The van der Waals surface area contributed by atoms with E-state index in [1.165, 1.54) is 48.0 Å². The topological polar surface area (TPSA) is 230 Å². The molecular formula is C32H38N5O10S2+. The number of ketones is 2. The van der Waals surface area contributed by atoms with E-state index < -0.39 is 40.5 Å². The highest BCUT2D eigenvalue weighted by atomic mass is 32.2. The molecule has 3 aliphatic rings. The summed E-state index contributed by atoms with van der Waals surface area (Å²) in [6.07, 6.45) is 1.83. The van der Waals surface area contributed by atoms with E-state index in [1.54, 1.807) is 6.07 Å². The van der Waals surface area contributed by atoms with Crippen LogP contribution < -0.4 is 5.73 Å². The predicted octanol–water partition coefficient (Wildman–Crippen LogP) is 2.36. The molecule has 5 rings (SSSR count). The number of hydrogen-bond acceptors (Lipinski definition) is 13. The van der Waals surface area contributed by atoms with E-state index in [9.17, 15) is 44.4 Å². The number of rotatable bonds is 15. The highest BCUT2D eigenvalue weighted by Crippen LogP contribution is 2.46. The lowest BCUT2D eigenvalue weighted by Gasteiger charge is -2.50. The summed E-state index contributed by atoms with van der Waals surface area (Å²) in [5, 5.41) is 43.8. The van der Waals surface area contributed by atoms with Crippen LogP contribution in [-0.4, -0.2) is 113 Å². The van der Waals surface area contributed by atoms with Gasteiger partial charge in [-0.2, -0.15) is 0 Å². The minimum absolute atomic E-state index is 0.0504. The third-order valence-corrected chi connectivity index (χ3v) is 11.1. The summed E-state index contributed by atoms with van der Waals surface area (Å²) in [6.45, 7) is 4.88. The number of aromatic nitrogens is 1. The summed E-state index contributed by atoms with van der Waals surface area (Å²) in [4.78, 5) is 74.5. The van der Waals surface area contributed by atoms with Gasteiger partial charge in [0.2, 0.25) is 11.5 Å². The lowest BCUT2D eigenvalue weighted by molar-refractivity contribution is -0.911. The first-order chi connectivity index (χ1) is 23.1. The summed E-state index contributed by atoms with van der Waals surface area (Å²) in [5.74, 6) is -4.86. The van der Waals surface area contributed by atoms with Crippen molar-refractivity contribution in [1.29, 1.82) is 0 Å². The van der Waals surface area contributed by atoms with Crippen LogP contribution in [-0.2, 0) is 35.2 Å². The molecule has 4 heterocycles. The third kappa shape index (κ3) is 7.73. The van der Waals surface area contributed by atoms with Crippen molar-refractivity contribution in [3.05, 3.63) is 46.1 Å². The molecule has 2 aromatic rings. The van der Waals surface area contributed by atoms with E-state index >= 15 is 0 Å². The van der Waals surface area contributed by atoms with Crippen LogP contribution in [0.15, 0.2) is 40.0 Å². The molecule has 1 amide bonds. The van der Waals surface area contributed by atoms with Crippen molar-refractivity contribution in [1.82, 2.24) is 9.88 Å². The number of β-lactam (4-membered cyclic amide) rings is 1. The van der Waals surface area contributed by atoms with Gasteiger partial charge in [-0.1, -0.05) is 11.2 Å². The first-order valence-corrected chi connectivity index (χ1v) is 17.6. The molecule has 262 valence electrons. The van der Waals surface area contributed by atoms with E-state index in [4.69, 9.17) is 10.6 Å². The second-order valence-electron chi connectivity index (χ2n) is 13.0. The fourth-order valence-electron chi connectivity index (χ4n) is 6.30. The highest BCUT2D eigenvalue weighted by molar-refractivity contribution is 8.00. The van der Waals surface area contributed by atoms with Gasteiger partial charge in [-0.25, -0.2) is 14.6 Å². The quantitative estimate of drug-likeness (QED) is 0.0587. The fraction of sp³-hybridized carbons (Fsp3) is 0.469. The summed E-state index contributed by atoms with van der Waals surface area (Å²) < 4.78 is 0.511. The molecule has 6 N–H and O–H groups in total. The number of nitrogens with two attached hydrogens (primary N) is 1. The van der Waals surface area contributed by atoms with Gasteiger partial charge in [0.25, 0.3) is 0 Å². The molecule has 17 heteroatoms. The number of phenolic OH excluding ortho intramolecular Hbond substituents is 2. The number of benzene rings is 1. The largest absolute Gasteiger partial charge is 0.504 e. The second-order valence-corrected chi connectivity index (χ2v) is 15.0. The number of thiazole rings is 1. The molecular weight excluding hydrogens is 679 g/mol. The first kappa shape index (κ1) is 35.8. The first-order valence-electron chi connectivity index (χ1n) is 15.6. The monoisotopic (exact) mass is 716 g/mol. The Kier molecular flexibility index (Phi) is 10.4. The summed E-state index contributed by atoms with van der Waals surface area (Å²) >= 11 is 2.41. The maximum absolute atomic E-state index is 13.5. The summed E-state index contributed by atoms with van der Waals surface area (Å²) in [6, 6.07) is 4.27. The van der Waals surface area contributed by atoms with E-state index in [0.29, 0.717) is 34.5 Å². The molecule has 1 aromatic carbocycles. The number of likely N-dealkylation sites (tertiary alicyclic amines) is 1. The number of quaternary nitrogens is 1. The van der Waals surface area contributed by atoms with Gasteiger partial charge in [0, 0.05) is 42.4 Å². The maximum atomic E-state index is 13.5. The molecule has 0 saturated carbocycles. The number of nitrogen functional groups attached to an aromatic ring is 1. The normalized spacial score (nSPS) is 20.5. The molecule has 0 spiro atoms. The molecule has 0 aliphatic carbocycles. The second kappa shape index (κ2) is 14.2. The number of carboxylic acid groups (broad SMARTS) is 2. The SMILES string of the molecule is CC(C)(O/N=C(/C(=O)CC1C(=O)N2C(C(=O)O)=C(C[N+]3(CCC(=O)Cc4ccc(O)c(O)c4)CCCC3)CSC12)c1csc(N)n1)C(=O)O. The van der Waals surface area contributed by atoms with Crippen molar-refractivity contribution in [2.45, 2.75) is 56.9 Å². The van der Waals surface area contributed by atoms with Gasteiger partial charge in [0.1, 0.15) is 23.7 Å². The van der Waals surface area contributed by atoms with Crippen LogP contribution in [0.25, 0.3) is 0 Å². The predicted molar refractivity (Wildman–Crippen MR) is 179 cm³/mol. The van der Waals surface area contributed by atoms with Crippen LogP contribution >= 0.6 is 23.1 Å². The van der Waals surface area contributed by atoms with Crippen LogP contribution in [0.2, 0.25) is 0 Å². The highest BCUT2D eigenvalue weighted by Gasteiger charge is 2.55. The number of aromatic hydroxyl groups is 2. The molecule has 49 heavy (non-hydrogen) atoms. The number of carboxylic acids is 2. The van der Waals surface area contributed by atoms with E-state index in [0.717, 1.165) is 37.3 Å². The summed E-state index contributed by atoms with van der Waals surface area (Å²) in [5.41, 5.74) is 4.84. The van der Waals surface area contributed by atoms with Gasteiger partial charge in [-0.05, 0) is 31.5 Å². The Balaban J connectivity index is 1.29. The zero-order valence-corrected chi connectivity index (χ0v) is 28.6. The Bertz CT molecular complexity index is 1750. The van der Waals surface area contributed by atoms with Crippen molar-refractivity contribution in [2.75, 3.05) is 37.7 Å².